The minimum atomic E-state index is -0.247. The summed E-state index contributed by atoms with van der Waals surface area (Å²) in [5.41, 5.74) is 0. The second kappa shape index (κ2) is 5.58. The van der Waals surface area contributed by atoms with Crippen LogP contribution in [0, 0.1) is 5.92 Å². The molecule has 20 heavy (non-hydrogen) atoms. The van der Waals surface area contributed by atoms with Gasteiger partial charge < -0.3 is 10.2 Å². The second-order valence-electron chi connectivity index (χ2n) is 6.51. The van der Waals surface area contributed by atoms with E-state index in [9.17, 15) is 9.59 Å². The molecule has 0 aromatic carbocycles. The molecule has 0 spiro atoms. The van der Waals surface area contributed by atoms with Gasteiger partial charge in [0.05, 0.1) is 4.87 Å². The van der Waals surface area contributed by atoms with E-state index in [0.29, 0.717) is 12.3 Å². The van der Waals surface area contributed by atoms with Crippen LogP contribution in [0.3, 0.4) is 0 Å². The lowest BCUT2D eigenvalue weighted by atomic mass is 9.89. The Labute approximate surface area is 125 Å². The summed E-state index contributed by atoms with van der Waals surface area (Å²) in [5.74, 6) is 1.60. The highest BCUT2D eigenvalue weighted by molar-refractivity contribution is 8.01. The molecule has 2 saturated heterocycles. The minimum absolute atomic E-state index is 0.0575. The zero-order valence-electron chi connectivity index (χ0n) is 12.2. The van der Waals surface area contributed by atoms with E-state index >= 15 is 0 Å². The number of fused-ring (bicyclic) bond motifs is 1. The molecular weight excluding hydrogens is 272 g/mol. The fourth-order valence-corrected chi connectivity index (χ4v) is 5.20. The average Bonchev–Trinajstić information content (AvgIpc) is 2.95. The van der Waals surface area contributed by atoms with E-state index in [4.69, 9.17) is 0 Å². The van der Waals surface area contributed by atoms with Crippen molar-refractivity contribution in [3.63, 3.8) is 0 Å². The van der Waals surface area contributed by atoms with Crippen molar-refractivity contribution < 1.29 is 9.59 Å². The highest BCUT2D eigenvalue weighted by atomic mass is 32.2. The zero-order chi connectivity index (χ0) is 14.2. The smallest absolute Gasteiger partial charge is 0.243 e. The van der Waals surface area contributed by atoms with Crippen molar-refractivity contribution in [2.45, 2.75) is 62.8 Å². The maximum atomic E-state index is 12.4. The molecule has 2 atom stereocenters. The van der Waals surface area contributed by atoms with Crippen LogP contribution in [0.2, 0.25) is 0 Å². The molecule has 2 aliphatic heterocycles. The molecule has 3 rings (SSSR count). The maximum absolute atomic E-state index is 12.4. The third kappa shape index (κ3) is 2.57. The molecule has 3 fully saturated rings. The summed E-state index contributed by atoms with van der Waals surface area (Å²) in [5, 5.41) is 3.10. The second-order valence-corrected chi connectivity index (χ2v) is 8.02. The van der Waals surface area contributed by atoms with Gasteiger partial charge >= 0.3 is 0 Å². The Hall–Kier alpha value is -0.710. The molecule has 1 aliphatic carbocycles. The Morgan fingerprint density at radius 1 is 1.40 bits per heavy atom. The fraction of sp³-hybridized carbons (Fsp3) is 0.867. The number of carbonyl (C=O) groups excluding carboxylic acids is 2. The van der Waals surface area contributed by atoms with Crippen LogP contribution in [0.15, 0.2) is 0 Å². The van der Waals surface area contributed by atoms with Gasteiger partial charge in [-0.2, -0.15) is 0 Å². The Bertz CT molecular complexity index is 409. The minimum Gasteiger partial charge on any atom is -0.354 e. The van der Waals surface area contributed by atoms with Gasteiger partial charge in [0, 0.05) is 18.7 Å². The van der Waals surface area contributed by atoms with Crippen molar-refractivity contribution in [1.82, 2.24) is 10.2 Å². The first-order valence-electron chi connectivity index (χ1n) is 7.84. The Balaban J connectivity index is 1.56. The van der Waals surface area contributed by atoms with Crippen molar-refractivity contribution in [3.05, 3.63) is 0 Å². The van der Waals surface area contributed by atoms with Crippen LogP contribution in [0.25, 0.3) is 0 Å². The highest BCUT2D eigenvalue weighted by Crippen LogP contribution is 2.47. The standard InChI is InChI=1S/C15H24N2O2S/c1-15-8-7-13(18)17(15)12(10-20-15)14(19)16-9-11-5-3-2-4-6-11/h11-12H,2-10H2,1H3,(H,16,19)/t12-,15+/m0/s1. The Morgan fingerprint density at radius 3 is 2.90 bits per heavy atom. The zero-order valence-corrected chi connectivity index (χ0v) is 13.0. The molecule has 0 aromatic rings. The summed E-state index contributed by atoms with van der Waals surface area (Å²) in [6, 6.07) is -0.247. The number of nitrogens with one attached hydrogen (secondary N) is 1. The third-order valence-electron chi connectivity index (χ3n) is 5.04. The lowest BCUT2D eigenvalue weighted by molar-refractivity contribution is -0.138. The van der Waals surface area contributed by atoms with Gasteiger partial charge in [-0.1, -0.05) is 19.3 Å². The summed E-state index contributed by atoms with van der Waals surface area (Å²) in [7, 11) is 0. The molecule has 0 aromatic heterocycles. The summed E-state index contributed by atoms with van der Waals surface area (Å²) in [6.07, 6.45) is 7.87. The Morgan fingerprint density at radius 2 is 2.15 bits per heavy atom. The van der Waals surface area contributed by atoms with Crippen LogP contribution in [0.4, 0.5) is 0 Å². The van der Waals surface area contributed by atoms with E-state index in [1.165, 1.54) is 32.1 Å². The molecule has 3 aliphatic rings. The summed E-state index contributed by atoms with van der Waals surface area (Å²) < 4.78 is 0. The first-order chi connectivity index (χ1) is 9.60. The molecule has 2 heterocycles. The van der Waals surface area contributed by atoms with Crippen molar-refractivity contribution in [2.75, 3.05) is 12.3 Å². The first kappa shape index (κ1) is 14.2. The number of carbonyl (C=O) groups is 2. The van der Waals surface area contributed by atoms with Gasteiger partial charge in [-0.05, 0) is 32.1 Å². The average molecular weight is 296 g/mol. The molecule has 4 nitrogen and oxygen atoms in total. The van der Waals surface area contributed by atoms with E-state index in [0.717, 1.165) is 18.7 Å². The Kier molecular flexibility index (Phi) is 3.98. The molecule has 112 valence electrons. The molecule has 0 bridgehead atoms. The molecule has 1 N–H and O–H groups in total. The van der Waals surface area contributed by atoms with Crippen molar-refractivity contribution in [2.24, 2.45) is 5.92 Å². The van der Waals surface area contributed by atoms with Crippen LogP contribution < -0.4 is 5.32 Å². The number of hydrogen-bond donors (Lipinski definition) is 1. The van der Waals surface area contributed by atoms with Crippen molar-refractivity contribution in [3.8, 4) is 0 Å². The number of nitrogens with zero attached hydrogens (tertiary/aromatic N) is 1. The van der Waals surface area contributed by atoms with Gasteiger partial charge in [0.2, 0.25) is 11.8 Å². The van der Waals surface area contributed by atoms with E-state index in [1.807, 2.05) is 4.90 Å². The number of rotatable bonds is 3. The monoisotopic (exact) mass is 296 g/mol. The van der Waals surface area contributed by atoms with Crippen LogP contribution in [-0.4, -0.2) is 39.9 Å². The van der Waals surface area contributed by atoms with Crippen molar-refractivity contribution in [1.29, 1.82) is 0 Å². The number of amides is 2. The highest BCUT2D eigenvalue weighted by Gasteiger charge is 2.52. The quantitative estimate of drug-likeness (QED) is 0.868. The van der Waals surface area contributed by atoms with E-state index in [1.54, 1.807) is 11.8 Å². The summed E-state index contributed by atoms with van der Waals surface area (Å²) in [6.45, 7) is 2.88. The topological polar surface area (TPSA) is 49.4 Å². The van der Waals surface area contributed by atoms with Crippen LogP contribution >= 0.6 is 11.8 Å². The normalized spacial score (nSPS) is 34.4. The van der Waals surface area contributed by atoms with Gasteiger partial charge in [-0.3, -0.25) is 9.59 Å². The molecule has 0 unspecified atom stereocenters. The van der Waals surface area contributed by atoms with Crippen LogP contribution in [-0.2, 0) is 9.59 Å². The number of thioether (sulfide) groups is 1. The largest absolute Gasteiger partial charge is 0.354 e. The molecule has 1 saturated carbocycles. The van der Waals surface area contributed by atoms with Gasteiger partial charge in [0.15, 0.2) is 0 Å². The summed E-state index contributed by atoms with van der Waals surface area (Å²) in [4.78, 5) is 26.1. The van der Waals surface area contributed by atoms with Gasteiger partial charge in [0.1, 0.15) is 6.04 Å². The van der Waals surface area contributed by atoms with Gasteiger partial charge in [-0.15, -0.1) is 11.8 Å². The summed E-state index contributed by atoms with van der Waals surface area (Å²) >= 11 is 1.76. The van der Waals surface area contributed by atoms with Crippen molar-refractivity contribution >= 4 is 23.6 Å². The van der Waals surface area contributed by atoms with Gasteiger partial charge in [0.25, 0.3) is 0 Å². The lowest BCUT2D eigenvalue weighted by Gasteiger charge is -2.30. The van der Waals surface area contributed by atoms with E-state index < -0.39 is 0 Å². The SMILES string of the molecule is C[C@@]12CCC(=O)N1[C@H](C(=O)NCC1CCCCC1)CS2. The third-order valence-corrected chi connectivity index (χ3v) is 6.54. The van der Waals surface area contributed by atoms with Gasteiger partial charge in [-0.25, -0.2) is 0 Å². The van der Waals surface area contributed by atoms with E-state index in [2.05, 4.69) is 12.2 Å². The predicted octanol–water partition coefficient (Wildman–Crippen LogP) is 2.14. The van der Waals surface area contributed by atoms with Crippen LogP contribution in [0.5, 0.6) is 0 Å². The van der Waals surface area contributed by atoms with Crippen LogP contribution in [0.1, 0.15) is 51.9 Å². The molecule has 5 heteroatoms. The fourth-order valence-electron chi connectivity index (χ4n) is 3.77. The predicted molar refractivity (Wildman–Crippen MR) is 80.3 cm³/mol. The molecule has 0 radical (unpaired) electrons. The first-order valence-corrected chi connectivity index (χ1v) is 8.82. The molecular formula is C15H24N2O2S. The van der Waals surface area contributed by atoms with E-state index in [-0.39, 0.29) is 22.7 Å². The number of hydrogen-bond acceptors (Lipinski definition) is 3. The maximum Gasteiger partial charge on any atom is 0.243 e. The lowest BCUT2D eigenvalue weighted by Crippen LogP contribution is -2.50. The molecule has 2 amide bonds.